The van der Waals surface area contributed by atoms with Crippen molar-refractivity contribution >= 4 is 17.4 Å². The summed E-state index contributed by atoms with van der Waals surface area (Å²) in [5, 5.41) is 4.62. The molecule has 1 fully saturated rings. The summed E-state index contributed by atoms with van der Waals surface area (Å²) in [4.78, 5) is 0. The van der Waals surface area contributed by atoms with Crippen LogP contribution in [0.15, 0.2) is 28.8 Å². The Labute approximate surface area is 129 Å². The van der Waals surface area contributed by atoms with Crippen molar-refractivity contribution < 1.29 is 9.26 Å². The molecule has 0 amide bonds. The van der Waals surface area contributed by atoms with Gasteiger partial charge in [0.1, 0.15) is 5.76 Å². The fourth-order valence-electron chi connectivity index (χ4n) is 2.88. The highest BCUT2D eigenvalue weighted by Crippen LogP contribution is 2.37. The second-order valence-electron chi connectivity index (χ2n) is 5.49. The third kappa shape index (κ3) is 3.06. The second-order valence-corrected chi connectivity index (χ2v) is 5.93. The Morgan fingerprint density at radius 1 is 1.33 bits per heavy atom. The Bertz CT molecular complexity index is 603. The molecule has 1 aromatic carbocycles. The van der Waals surface area contributed by atoms with E-state index < -0.39 is 0 Å². The van der Waals surface area contributed by atoms with E-state index >= 15 is 0 Å². The number of nitrogen functional groups attached to an aromatic ring is 1. The van der Waals surface area contributed by atoms with Crippen molar-refractivity contribution in [2.75, 3.05) is 12.3 Å². The summed E-state index contributed by atoms with van der Waals surface area (Å²) in [6.45, 7) is 2.81. The number of ether oxygens (including phenoxy) is 1. The van der Waals surface area contributed by atoms with Gasteiger partial charge in [0.05, 0.1) is 11.7 Å². The summed E-state index contributed by atoms with van der Waals surface area (Å²) >= 11 is 5.93. The van der Waals surface area contributed by atoms with E-state index in [4.69, 9.17) is 26.6 Å². The summed E-state index contributed by atoms with van der Waals surface area (Å²) in [7, 11) is 0. The van der Waals surface area contributed by atoms with Crippen LogP contribution in [0.25, 0.3) is 11.1 Å². The van der Waals surface area contributed by atoms with Crippen molar-refractivity contribution in [3.8, 4) is 11.1 Å². The Morgan fingerprint density at radius 3 is 2.71 bits per heavy atom. The fourth-order valence-corrected chi connectivity index (χ4v) is 3.00. The highest BCUT2D eigenvalue weighted by atomic mass is 35.5. The Kier molecular flexibility index (Phi) is 4.17. The molecule has 0 atom stereocenters. The predicted octanol–water partition coefficient (Wildman–Crippen LogP) is 3.93. The number of hydrogen-bond acceptors (Lipinski definition) is 4. The molecule has 1 saturated carbocycles. The average molecular weight is 307 g/mol. The molecule has 2 aromatic rings. The molecule has 2 N–H and O–H groups in total. The molecule has 1 heterocycles. The molecule has 0 aliphatic heterocycles. The van der Waals surface area contributed by atoms with E-state index in [2.05, 4.69) is 5.16 Å². The van der Waals surface area contributed by atoms with Gasteiger partial charge >= 0.3 is 0 Å². The summed E-state index contributed by atoms with van der Waals surface area (Å²) in [5.74, 6) is 1.88. The van der Waals surface area contributed by atoms with E-state index in [9.17, 15) is 0 Å². The molecule has 0 unspecified atom stereocenters. The largest absolute Gasteiger partial charge is 0.380 e. The van der Waals surface area contributed by atoms with E-state index in [-0.39, 0.29) is 0 Å². The standard InChI is InChI=1S/C16H19ClN2O2/c1-2-20-13-7-10(8-13)9-14-15(16(18)19-21-14)11-3-5-12(17)6-4-11/h3-6,10,13H,2,7-9H2,1H3,(H2,18,19). The first-order chi connectivity index (χ1) is 10.2. The Balaban J connectivity index is 1.74. The molecule has 0 radical (unpaired) electrons. The van der Waals surface area contributed by atoms with Gasteiger partial charge in [-0.3, -0.25) is 0 Å². The van der Waals surface area contributed by atoms with Gasteiger partial charge in [-0.2, -0.15) is 0 Å². The van der Waals surface area contributed by atoms with E-state index in [1.54, 1.807) is 0 Å². The third-order valence-electron chi connectivity index (χ3n) is 3.99. The van der Waals surface area contributed by atoms with Crippen LogP contribution in [0.4, 0.5) is 5.82 Å². The molecule has 0 bridgehead atoms. The van der Waals surface area contributed by atoms with Crippen LogP contribution in [0.1, 0.15) is 25.5 Å². The normalized spacial score (nSPS) is 21.2. The number of nitrogens with two attached hydrogens (primary N) is 1. The molecule has 1 aromatic heterocycles. The van der Waals surface area contributed by atoms with Gasteiger partial charge in [0.15, 0.2) is 5.82 Å². The zero-order valence-electron chi connectivity index (χ0n) is 12.0. The lowest BCUT2D eigenvalue weighted by Gasteiger charge is -2.34. The number of halogens is 1. The van der Waals surface area contributed by atoms with Crippen molar-refractivity contribution in [2.24, 2.45) is 5.92 Å². The zero-order chi connectivity index (χ0) is 14.8. The molecule has 1 aliphatic rings. The van der Waals surface area contributed by atoms with E-state index in [1.165, 1.54) is 0 Å². The first-order valence-corrected chi connectivity index (χ1v) is 7.66. The van der Waals surface area contributed by atoms with Crippen LogP contribution in [0, 0.1) is 5.92 Å². The lowest BCUT2D eigenvalue weighted by Crippen LogP contribution is -2.32. The van der Waals surface area contributed by atoms with Crippen LogP contribution < -0.4 is 5.73 Å². The van der Waals surface area contributed by atoms with Gasteiger partial charge in [-0.25, -0.2) is 0 Å². The monoisotopic (exact) mass is 306 g/mol. The molecule has 3 rings (SSSR count). The first-order valence-electron chi connectivity index (χ1n) is 7.29. The molecular weight excluding hydrogens is 288 g/mol. The summed E-state index contributed by atoms with van der Waals surface area (Å²) in [6, 6.07) is 7.58. The van der Waals surface area contributed by atoms with E-state index in [1.807, 2.05) is 31.2 Å². The Morgan fingerprint density at radius 2 is 2.05 bits per heavy atom. The third-order valence-corrected chi connectivity index (χ3v) is 4.24. The predicted molar refractivity (Wildman–Crippen MR) is 83.2 cm³/mol. The van der Waals surface area contributed by atoms with Crippen molar-refractivity contribution in [1.29, 1.82) is 0 Å². The van der Waals surface area contributed by atoms with Crippen LogP contribution in [0.5, 0.6) is 0 Å². The maximum atomic E-state index is 5.96. The zero-order valence-corrected chi connectivity index (χ0v) is 12.8. The highest BCUT2D eigenvalue weighted by Gasteiger charge is 2.31. The average Bonchev–Trinajstić information content (AvgIpc) is 2.79. The van der Waals surface area contributed by atoms with Gasteiger partial charge in [-0.1, -0.05) is 28.9 Å². The smallest absolute Gasteiger partial charge is 0.175 e. The number of anilines is 1. The van der Waals surface area contributed by atoms with Crippen LogP contribution in [0.3, 0.4) is 0 Å². The molecular formula is C16H19ClN2O2. The maximum Gasteiger partial charge on any atom is 0.175 e. The SMILES string of the molecule is CCOC1CC(Cc2onc(N)c2-c2ccc(Cl)cc2)C1. The topological polar surface area (TPSA) is 61.3 Å². The number of benzene rings is 1. The number of aromatic nitrogens is 1. The van der Waals surface area contributed by atoms with E-state index in [0.29, 0.717) is 22.9 Å². The lowest BCUT2D eigenvalue weighted by molar-refractivity contribution is -0.0254. The van der Waals surface area contributed by atoms with Gasteiger partial charge in [0.2, 0.25) is 0 Å². The minimum atomic E-state index is 0.402. The lowest BCUT2D eigenvalue weighted by atomic mass is 9.79. The van der Waals surface area contributed by atoms with Crippen LogP contribution in [-0.2, 0) is 11.2 Å². The first kappa shape index (κ1) is 14.4. The fraction of sp³-hybridized carbons (Fsp3) is 0.438. The molecule has 21 heavy (non-hydrogen) atoms. The molecule has 0 saturated heterocycles. The quantitative estimate of drug-likeness (QED) is 0.909. The summed E-state index contributed by atoms with van der Waals surface area (Å²) in [6.07, 6.45) is 3.41. The highest BCUT2D eigenvalue weighted by molar-refractivity contribution is 6.30. The number of nitrogens with zero attached hydrogens (tertiary/aromatic N) is 1. The molecule has 4 nitrogen and oxygen atoms in total. The minimum Gasteiger partial charge on any atom is -0.380 e. The van der Waals surface area contributed by atoms with Crippen molar-refractivity contribution in [3.05, 3.63) is 35.0 Å². The van der Waals surface area contributed by atoms with Gasteiger partial charge in [0.25, 0.3) is 0 Å². The molecule has 5 heteroatoms. The molecule has 1 aliphatic carbocycles. The van der Waals surface area contributed by atoms with Gasteiger partial charge < -0.3 is 15.0 Å². The van der Waals surface area contributed by atoms with Crippen LogP contribution in [0.2, 0.25) is 5.02 Å². The summed E-state index contributed by atoms with van der Waals surface area (Å²) < 4.78 is 11.0. The van der Waals surface area contributed by atoms with Crippen molar-refractivity contribution in [3.63, 3.8) is 0 Å². The van der Waals surface area contributed by atoms with E-state index in [0.717, 1.165) is 42.8 Å². The van der Waals surface area contributed by atoms with Crippen LogP contribution in [-0.4, -0.2) is 17.9 Å². The van der Waals surface area contributed by atoms with Crippen molar-refractivity contribution in [1.82, 2.24) is 5.16 Å². The van der Waals surface area contributed by atoms with Gasteiger partial charge in [0, 0.05) is 18.1 Å². The molecule has 112 valence electrons. The van der Waals surface area contributed by atoms with Gasteiger partial charge in [-0.05, 0) is 43.4 Å². The second kappa shape index (κ2) is 6.08. The maximum absolute atomic E-state index is 5.96. The van der Waals surface area contributed by atoms with Gasteiger partial charge in [-0.15, -0.1) is 0 Å². The van der Waals surface area contributed by atoms with Crippen molar-refractivity contribution in [2.45, 2.75) is 32.3 Å². The number of rotatable bonds is 5. The number of hydrogen-bond donors (Lipinski definition) is 1. The Hall–Kier alpha value is -1.52. The molecule has 0 spiro atoms. The summed E-state index contributed by atoms with van der Waals surface area (Å²) in [5.41, 5.74) is 7.85. The van der Waals surface area contributed by atoms with Crippen LogP contribution >= 0.6 is 11.6 Å². The minimum absolute atomic E-state index is 0.402.